The van der Waals surface area contributed by atoms with E-state index in [2.05, 4.69) is 219 Å². The SMILES string of the molecule is CC1C=CC=CC1C1=CC(C)C(N(c2ccc(-c3ccc4c(c3)c3ccccc3n4-c3ccccc3)cc2)c2ccc3c(c2)C(C)(C)c2ccccc2-3)C=C1. The lowest BCUT2D eigenvalue weighted by molar-refractivity contribution is 0.551. The molecule has 4 atom stereocenters. The van der Waals surface area contributed by atoms with Crippen LogP contribution in [0.2, 0.25) is 0 Å². The standard InChI is InChI=1S/C53H46N2/c1-35-14-8-9-17-43(35)39-25-30-50(36(2)32-39)54(42-28-29-45-44-18-10-12-20-48(44)53(3,4)49(45)34-42)41-26-22-37(23-27-41)38-24-31-52-47(33-38)46-19-11-13-21-51(46)55(52)40-15-6-5-7-16-40/h5-36,43,50H,1-4H3. The molecule has 3 aliphatic rings. The van der Waals surface area contributed by atoms with Crippen molar-refractivity contribution in [2.75, 3.05) is 4.90 Å². The van der Waals surface area contributed by atoms with Crippen molar-refractivity contribution in [3.63, 3.8) is 0 Å². The van der Waals surface area contributed by atoms with Gasteiger partial charge in [0.2, 0.25) is 0 Å². The van der Waals surface area contributed by atoms with Crippen LogP contribution in [0.25, 0.3) is 49.7 Å². The van der Waals surface area contributed by atoms with Crippen molar-refractivity contribution < 1.29 is 0 Å². The van der Waals surface area contributed by atoms with Gasteiger partial charge in [-0.1, -0.05) is 155 Å². The summed E-state index contributed by atoms with van der Waals surface area (Å²) in [7, 11) is 0. The Labute approximate surface area is 325 Å². The third kappa shape index (κ3) is 5.46. The summed E-state index contributed by atoms with van der Waals surface area (Å²) in [5.74, 6) is 1.22. The van der Waals surface area contributed by atoms with Gasteiger partial charge in [0.1, 0.15) is 0 Å². The molecule has 3 aliphatic carbocycles. The molecule has 6 aromatic carbocycles. The summed E-state index contributed by atoms with van der Waals surface area (Å²) in [5, 5.41) is 2.54. The quantitative estimate of drug-likeness (QED) is 0.167. The van der Waals surface area contributed by atoms with Gasteiger partial charge in [0.15, 0.2) is 0 Å². The predicted octanol–water partition coefficient (Wildman–Crippen LogP) is 13.8. The largest absolute Gasteiger partial charge is 0.334 e. The summed E-state index contributed by atoms with van der Waals surface area (Å²) < 4.78 is 2.38. The number of benzene rings is 6. The Morgan fingerprint density at radius 1 is 0.545 bits per heavy atom. The average molecular weight is 711 g/mol. The van der Waals surface area contributed by atoms with Gasteiger partial charge < -0.3 is 9.47 Å². The fourth-order valence-corrected chi connectivity index (χ4v) is 9.68. The van der Waals surface area contributed by atoms with Crippen molar-refractivity contribution in [1.82, 2.24) is 4.57 Å². The van der Waals surface area contributed by atoms with E-state index in [1.54, 1.807) is 0 Å². The number of nitrogens with zero attached hydrogens (tertiary/aromatic N) is 2. The Bertz CT molecular complexity index is 2720. The zero-order valence-electron chi connectivity index (χ0n) is 32.0. The highest BCUT2D eigenvalue weighted by Gasteiger charge is 2.36. The first-order chi connectivity index (χ1) is 26.9. The van der Waals surface area contributed by atoms with Crippen molar-refractivity contribution in [3.05, 3.63) is 199 Å². The molecule has 0 saturated heterocycles. The van der Waals surface area contributed by atoms with Crippen LogP contribution in [-0.2, 0) is 5.41 Å². The number of hydrogen-bond acceptors (Lipinski definition) is 1. The Kier molecular flexibility index (Phi) is 7.92. The molecule has 0 amide bonds. The molecule has 0 N–H and O–H groups in total. The van der Waals surface area contributed by atoms with E-state index >= 15 is 0 Å². The van der Waals surface area contributed by atoms with Crippen molar-refractivity contribution >= 4 is 33.2 Å². The summed E-state index contributed by atoms with van der Waals surface area (Å²) >= 11 is 0. The highest BCUT2D eigenvalue weighted by Crippen LogP contribution is 2.50. The van der Waals surface area contributed by atoms with Crippen molar-refractivity contribution in [3.8, 4) is 27.9 Å². The normalized spacial score (nSPS) is 20.8. The van der Waals surface area contributed by atoms with Gasteiger partial charge in [-0.15, -0.1) is 0 Å². The minimum Gasteiger partial charge on any atom is -0.334 e. The molecule has 0 radical (unpaired) electrons. The van der Waals surface area contributed by atoms with Gasteiger partial charge in [-0.05, 0) is 105 Å². The molecular formula is C53H46N2. The zero-order chi connectivity index (χ0) is 37.3. The van der Waals surface area contributed by atoms with Crippen LogP contribution >= 0.6 is 0 Å². The van der Waals surface area contributed by atoms with Crippen LogP contribution in [0.5, 0.6) is 0 Å². The predicted molar refractivity (Wildman–Crippen MR) is 233 cm³/mol. The van der Waals surface area contributed by atoms with Crippen molar-refractivity contribution in [1.29, 1.82) is 0 Å². The number of hydrogen-bond donors (Lipinski definition) is 0. The number of rotatable bonds is 6. The molecule has 0 spiro atoms. The van der Waals surface area contributed by atoms with Crippen LogP contribution < -0.4 is 4.90 Å². The fourth-order valence-electron chi connectivity index (χ4n) is 9.68. The molecule has 2 nitrogen and oxygen atoms in total. The molecular weight excluding hydrogens is 665 g/mol. The second-order valence-corrected chi connectivity index (χ2v) is 16.3. The first-order valence-electron chi connectivity index (χ1n) is 19.8. The summed E-state index contributed by atoms with van der Waals surface area (Å²) in [6, 6.07) is 51.9. The first-order valence-corrected chi connectivity index (χ1v) is 19.8. The smallest absolute Gasteiger partial charge is 0.0585 e. The van der Waals surface area contributed by atoms with Crippen LogP contribution in [0.15, 0.2) is 188 Å². The van der Waals surface area contributed by atoms with E-state index in [1.165, 1.54) is 77.8 Å². The van der Waals surface area contributed by atoms with Gasteiger partial charge in [-0.3, -0.25) is 0 Å². The molecule has 0 bridgehead atoms. The maximum Gasteiger partial charge on any atom is 0.0585 e. The molecule has 0 aliphatic heterocycles. The summed E-state index contributed by atoms with van der Waals surface area (Å²) in [6.07, 6.45) is 16.4. The van der Waals surface area contributed by atoms with Crippen LogP contribution in [0, 0.1) is 17.8 Å². The average Bonchev–Trinajstić information content (AvgIpc) is 3.67. The Morgan fingerprint density at radius 3 is 2.05 bits per heavy atom. The molecule has 0 saturated carbocycles. The van der Waals surface area contributed by atoms with Crippen molar-refractivity contribution in [2.24, 2.45) is 17.8 Å². The van der Waals surface area contributed by atoms with Gasteiger partial charge in [-0.25, -0.2) is 0 Å². The van der Waals surface area contributed by atoms with E-state index in [0.29, 0.717) is 17.8 Å². The van der Waals surface area contributed by atoms with E-state index in [9.17, 15) is 0 Å². The Morgan fingerprint density at radius 2 is 1.24 bits per heavy atom. The number of para-hydroxylation sites is 2. The lowest BCUT2D eigenvalue weighted by atomic mass is 9.79. The molecule has 268 valence electrons. The van der Waals surface area contributed by atoms with Gasteiger partial charge in [0.25, 0.3) is 0 Å². The van der Waals surface area contributed by atoms with Gasteiger partial charge >= 0.3 is 0 Å². The van der Waals surface area contributed by atoms with Gasteiger partial charge in [-0.2, -0.15) is 0 Å². The summed E-state index contributed by atoms with van der Waals surface area (Å²) in [5.41, 5.74) is 15.4. The lowest BCUT2D eigenvalue weighted by Crippen LogP contribution is -2.36. The number of aromatic nitrogens is 1. The second kappa shape index (κ2) is 13.0. The molecule has 2 heteroatoms. The van der Waals surface area contributed by atoms with Crippen LogP contribution in [0.1, 0.15) is 38.8 Å². The molecule has 4 unspecified atom stereocenters. The van der Waals surface area contributed by atoms with Gasteiger partial charge in [0, 0.05) is 39.2 Å². The Balaban J connectivity index is 1.05. The van der Waals surface area contributed by atoms with E-state index < -0.39 is 0 Å². The minimum atomic E-state index is -0.0716. The highest BCUT2D eigenvalue weighted by atomic mass is 15.2. The van der Waals surface area contributed by atoms with E-state index in [0.717, 1.165) is 0 Å². The maximum atomic E-state index is 2.58. The van der Waals surface area contributed by atoms with Crippen molar-refractivity contribution in [2.45, 2.75) is 39.2 Å². The first kappa shape index (κ1) is 33.4. The molecule has 55 heavy (non-hydrogen) atoms. The highest BCUT2D eigenvalue weighted by molar-refractivity contribution is 6.10. The molecule has 1 aromatic heterocycles. The summed E-state index contributed by atoms with van der Waals surface area (Å²) in [4.78, 5) is 2.58. The monoisotopic (exact) mass is 710 g/mol. The van der Waals surface area contributed by atoms with E-state index in [1.807, 2.05) is 0 Å². The number of fused-ring (bicyclic) bond motifs is 6. The van der Waals surface area contributed by atoms with Crippen LogP contribution in [-0.4, -0.2) is 10.6 Å². The maximum absolute atomic E-state index is 2.58. The second-order valence-electron chi connectivity index (χ2n) is 16.3. The lowest BCUT2D eigenvalue weighted by Gasteiger charge is -2.38. The Hall–Kier alpha value is -6.12. The zero-order valence-corrected chi connectivity index (χ0v) is 32.0. The van der Waals surface area contributed by atoms with Crippen LogP contribution in [0.4, 0.5) is 11.4 Å². The number of allylic oxidation sites excluding steroid dienone is 6. The molecule has 10 rings (SSSR count). The summed E-state index contributed by atoms with van der Waals surface area (Å²) in [6.45, 7) is 9.46. The molecule has 0 fully saturated rings. The topological polar surface area (TPSA) is 8.17 Å². The fraction of sp³-hybridized carbons (Fsp3) is 0.170. The van der Waals surface area contributed by atoms with Gasteiger partial charge in [0.05, 0.1) is 17.1 Å². The third-order valence-corrected chi connectivity index (χ3v) is 12.6. The number of anilines is 2. The van der Waals surface area contributed by atoms with E-state index in [-0.39, 0.29) is 11.5 Å². The molecule has 1 heterocycles. The van der Waals surface area contributed by atoms with E-state index in [4.69, 9.17) is 0 Å². The van der Waals surface area contributed by atoms with Crippen LogP contribution in [0.3, 0.4) is 0 Å². The molecule has 7 aromatic rings. The third-order valence-electron chi connectivity index (χ3n) is 12.6. The minimum absolute atomic E-state index is 0.0716.